The van der Waals surface area contributed by atoms with Gasteiger partial charge in [0.1, 0.15) is 5.82 Å². The summed E-state index contributed by atoms with van der Waals surface area (Å²) in [5.41, 5.74) is 1.42. The predicted octanol–water partition coefficient (Wildman–Crippen LogP) is 3.75. The van der Waals surface area contributed by atoms with Crippen molar-refractivity contribution < 1.29 is 4.79 Å². The van der Waals surface area contributed by atoms with Crippen molar-refractivity contribution in [3.05, 3.63) is 33.4 Å². The molecule has 0 aromatic carbocycles. The lowest BCUT2D eigenvalue weighted by atomic mass is 10.2. The summed E-state index contributed by atoms with van der Waals surface area (Å²) in [5.74, 6) is 0.318. The highest BCUT2D eigenvalue weighted by Crippen LogP contribution is 2.24. The maximum Gasteiger partial charge on any atom is 0.259 e. The van der Waals surface area contributed by atoms with Crippen LogP contribution in [0.4, 0.5) is 10.9 Å². The van der Waals surface area contributed by atoms with Crippen LogP contribution < -0.4 is 10.6 Å². The summed E-state index contributed by atoms with van der Waals surface area (Å²) in [7, 11) is 0. The van der Waals surface area contributed by atoms with E-state index in [9.17, 15) is 4.79 Å². The van der Waals surface area contributed by atoms with Crippen LogP contribution in [-0.2, 0) is 6.42 Å². The largest absolute Gasteiger partial charge is 0.369 e. The molecule has 1 amide bonds. The van der Waals surface area contributed by atoms with E-state index in [0.29, 0.717) is 21.5 Å². The van der Waals surface area contributed by atoms with Crippen LogP contribution in [0.3, 0.4) is 0 Å². The molecule has 0 spiro atoms. The Hall–Kier alpha value is -1.66. The summed E-state index contributed by atoms with van der Waals surface area (Å²) in [6.45, 7) is 6.71. The van der Waals surface area contributed by atoms with E-state index in [-0.39, 0.29) is 5.91 Å². The molecule has 5 nitrogen and oxygen atoms in total. The average Bonchev–Trinajstić information content (AvgIpc) is 2.81. The summed E-state index contributed by atoms with van der Waals surface area (Å²) in [4.78, 5) is 21.8. The molecular formula is C14H17ClN4OS. The normalized spacial score (nSPS) is 10.5. The van der Waals surface area contributed by atoms with Gasteiger partial charge in [0.15, 0.2) is 5.13 Å². The molecular weight excluding hydrogens is 308 g/mol. The molecule has 2 heterocycles. The number of hydrogen-bond acceptors (Lipinski definition) is 5. The summed E-state index contributed by atoms with van der Waals surface area (Å²) >= 11 is 7.56. The third kappa shape index (κ3) is 3.71. The second-order valence-corrected chi connectivity index (χ2v) is 6.02. The van der Waals surface area contributed by atoms with E-state index in [1.54, 1.807) is 6.07 Å². The Bertz CT molecular complexity index is 656. The molecule has 2 aromatic rings. The third-order valence-electron chi connectivity index (χ3n) is 2.90. The Morgan fingerprint density at radius 1 is 1.43 bits per heavy atom. The molecule has 112 valence electrons. The first-order valence-electron chi connectivity index (χ1n) is 6.72. The van der Waals surface area contributed by atoms with Gasteiger partial charge in [-0.1, -0.05) is 18.5 Å². The van der Waals surface area contributed by atoms with Gasteiger partial charge >= 0.3 is 0 Å². The van der Waals surface area contributed by atoms with Crippen molar-refractivity contribution in [3.8, 4) is 0 Å². The monoisotopic (exact) mass is 324 g/mol. The number of carbonyl (C=O) groups is 1. The minimum Gasteiger partial charge on any atom is -0.369 e. The van der Waals surface area contributed by atoms with E-state index in [4.69, 9.17) is 11.6 Å². The highest BCUT2D eigenvalue weighted by Gasteiger charge is 2.13. The molecule has 0 fully saturated rings. The molecule has 0 bridgehead atoms. The number of carbonyl (C=O) groups excluding carboxylic acids is 1. The highest BCUT2D eigenvalue weighted by molar-refractivity contribution is 7.15. The number of nitrogens with zero attached hydrogens (tertiary/aromatic N) is 2. The van der Waals surface area contributed by atoms with Gasteiger partial charge in [-0.25, -0.2) is 9.97 Å². The van der Waals surface area contributed by atoms with E-state index in [1.165, 1.54) is 17.5 Å². The minimum atomic E-state index is -0.260. The van der Waals surface area contributed by atoms with E-state index in [2.05, 4.69) is 20.6 Å². The van der Waals surface area contributed by atoms with Crippen molar-refractivity contribution >= 4 is 39.8 Å². The van der Waals surface area contributed by atoms with Crippen LogP contribution in [0, 0.1) is 6.92 Å². The van der Waals surface area contributed by atoms with Gasteiger partial charge in [-0.15, -0.1) is 11.3 Å². The number of aromatic nitrogens is 2. The van der Waals surface area contributed by atoms with E-state index < -0.39 is 0 Å². The molecule has 0 aliphatic rings. The number of pyridine rings is 1. The Balaban J connectivity index is 2.14. The van der Waals surface area contributed by atoms with E-state index in [1.807, 2.05) is 20.8 Å². The van der Waals surface area contributed by atoms with Crippen LogP contribution in [-0.4, -0.2) is 22.4 Å². The predicted molar refractivity (Wildman–Crippen MR) is 87.6 cm³/mol. The molecule has 2 N–H and O–H groups in total. The van der Waals surface area contributed by atoms with Crippen molar-refractivity contribution in [1.82, 2.24) is 9.97 Å². The highest BCUT2D eigenvalue weighted by atomic mass is 35.5. The lowest BCUT2D eigenvalue weighted by Gasteiger charge is -2.06. The SMILES string of the molecule is CCNc1ncc(C(=O)Nc2nc(CC)c(C)s2)cc1Cl. The van der Waals surface area contributed by atoms with Crippen LogP contribution in [0.15, 0.2) is 12.3 Å². The number of amides is 1. The Labute approximate surface area is 132 Å². The zero-order valence-corrected chi connectivity index (χ0v) is 13.7. The zero-order chi connectivity index (χ0) is 15.4. The third-order valence-corrected chi connectivity index (χ3v) is 4.11. The summed E-state index contributed by atoms with van der Waals surface area (Å²) in [6, 6.07) is 1.60. The summed E-state index contributed by atoms with van der Waals surface area (Å²) < 4.78 is 0. The number of rotatable bonds is 5. The first-order chi connectivity index (χ1) is 10.0. The molecule has 0 radical (unpaired) electrons. The van der Waals surface area contributed by atoms with Gasteiger partial charge in [-0.3, -0.25) is 10.1 Å². The van der Waals surface area contributed by atoms with Crippen LogP contribution in [0.1, 0.15) is 34.8 Å². The maximum atomic E-state index is 12.2. The van der Waals surface area contributed by atoms with Crippen molar-refractivity contribution in [2.45, 2.75) is 27.2 Å². The second-order valence-electron chi connectivity index (χ2n) is 4.41. The summed E-state index contributed by atoms with van der Waals surface area (Å²) in [6.07, 6.45) is 2.35. The first kappa shape index (κ1) is 15.7. The number of thiazole rings is 1. The van der Waals surface area contributed by atoms with E-state index >= 15 is 0 Å². The molecule has 0 unspecified atom stereocenters. The van der Waals surface area contributed by atoms with Crippen molar-refractivity contribution in [3.63, 3.8) is 0 Å². The summed E-state index contributed by atoms with van der Waals surface area (Å²) in [5, 5.41) is 6.83. The molecule has 7 heteroatoms. The molecule has 0 aliphatic heterocycles. The van der Waals surface area contributed by atoms with Crippen LogP contribution in [0.2, 0.25) is 5.02 Å². The second kappa shape index (κ2) is 6.87. The molecule has 2 rings (SSSR count). The molecule has 0 saturated carbocycles. The molecule has 21 heavy (non-hydrogen) atoms. The van der Waals surface area contributed by atoms with Gasteiger partial charge in [0, 0.05) is 17.6 Å². The minimum absolute atomic E-state index is 0.260. The Kier molecular flexibility index (Phi) is 5.14. The van der Waals surface area contributed by atoms with Gasteiger partial charge < -0.3 is 5.32 Å². The maximum absolute atomic E-state index is 12.2. The van der Waals surface area contributed by atoms with Gasteiger partial charge in [-0.05, 0) is 26.3 Å². The zero-order valence-electron chi connectivity index (χ0n) is 12.2. The topological polar surface area (TPSA) is 66.9 Å². The van der Waals surface area contributed by atoms with Crippen LogP contribution in [0.5, 0.6) is 0 Å². The van der Waals surface area contributed by atoms with Gasteiger partial charge in [0.2, 0.25) is 0 Å². The van der Waals surface area contributed by atoms with Crippen LogP contribution >= 0.6 is 22.9 Å². The van der Waals surface area contributed by atoms with Gasteiger partial charge in [-0.2, -0.15) is 0 Å². The number of hydrogen-bond donors (Lipinski definition) is 2. The van der Waals surface area contributed by atoms with Gasteiger partial charge in [0.05, 0.1) is 16.3 Å². The quantitative estimate of drug-likeness (QED) is 0.879. The fraction of sp³-hybridized carbons (Fsp3) is 0.357. The lowest BCUT2D eigenvalue weighted by molar-refractivity contribution is 0.102. The van der Waals surface area contributed by atoms with Crippen molar-refractivity contribution in [1.29, 1.82) is 0 Å². The number of anilines is 2. The Morgan fingerprint density at radius 2 is 2.19 bits per heavy atom. The number of nitrogens with one attached hydrogen (secondary N) is 2. The number of halogens is 1. The fourth-order valence-electron chi connectivity index (χ4n) is 1.84. The van der Waals surface area contributed by atoms with Crippen molar-refractivity contribution in [2.75, 3.05) is 17.2 Å². The molecule has 0 atom stereocenters. The lowest BCUT2D eigenvalue weighted by Crippen LogP contribution is -2.12. The number of aryl methyl sites for hydroxylation is 2. The standard InChI is InChI=1S/C14H17ClN4OS/c1-4-11-8(3)21-14(18-11)19-13(20)9-6-10(15)12(16-5-2)17-7-9/h6-7H,4-5H2,1-3H3,(H,16,17)(H,18,19,20). The molecule has 0 aliphatic carbocycles. The average molecular weight is 325 g/mol. The fourth-order valence-corrected chi connectivity index (χ4v) is 2.97. The molecule has 2 aromatic heterocycles. The van der Waals surface area contributed by atoms with Crippen LogP contribution in [0.25, 0.3) is 0 Å². The first-order valence-corrected chi connectivity index (χ1v) is 7.91. The Morgan fingerprint density at radius 3 is 2.76 bits per heavy atom. The van der Waals surface area contributed by atoms with E-state index in [0.717, 1.165) is 23.5 Å². The smallest absolute Gasteiger partial charge is 0.259 e. The van der Waals surface area contributed by atoms with Gasteiger partial charge in [0.25, 0.3) is 5.91 Å². The molecule has 0 saturated heterocycles. The van der Waals surface area contributed by atoms with Crippen molar-refractivity contribution in [2.24, 2.45) is 0 Å².